The Balaban J connectivity index is 2.64. The van der Waals surface area contributed by atoms with E-state index in [2.05, 4.69) is 4.98 Å². The van der Waals surface area contributed by atoms with E-state index in [4.69, 9.17) is 23.2 Å². The SMILES string of the molecule is CC(=O)c1cc(Cl)nc(-c2ccc(F)cc2)c1Cl. The molecule has 0 saturated carbocycles. The number of ketones is 1. The van der Waals surface area contributed by atoms with Crippen molar-refractivity contribution in [2.45, 2.75) is 6.92 Å². The lowest BCUT2D eigenvalue weighted by Gasteiger charge is -2.08. The summed E-state index contributed by atoms with van der Waals surface area (Å²) >= 11 is 12.0. The Labute approximate surface area is 113 Å². The van der Waals surface area contributed by atoms with Gasteiger partial charge in [-0.15, -0.1) is 0 Å². The predicted molar refractivity (Wildman–Crippen MR) is 69.7 cm³/mol. The molecule has 0 N–H and O–H groups in total. The van der Waals surface area contributed by atoms with E-state index in [1.165, 1.54) is 37.3 Å². The number of aromatic nitrogens is 1. The monoisotopic (exact) mass is 283 g/mol. The van der Waals surface area contributed by atoms with Crippen molar-refractivity contribution in [3.05, 3.63) is 51.9 Å². The summed E-state index contributed by atoms with van der Waals surface area (Å²) in [4.78, 5) is 15.5. The minimum Gasteiger partial charge on any atom is -0.294 e. The number of carbonyl (C=O) groups excluding carboxylic acids is 1. The predicted octanol–water partition coefficient (Wildman–Crippen LogP) is 4.40. The number of rotatable bonds is 2. The van der Waals surface area contributed by atoms with Gasteiger partial charge < -0.3 is 0 Å². The summed E-state index contributed by atoms with van der Waals surface area (Å²) in [6.07, 6.45) is 0. The van der Waals surface area contributed by atoms with Gasteiger partial charge in [-0.05, 0) is 37.3 Å². The van der Waals surface area contributed by atoms with Gasteiger partial charge in [0, 0.05) is 11.1 Å². The number of hydrogen-bond acceptors (Lipinski definition) is 2. The highest BCUT2D eigenvalue weighted by atomic mass is 35.5. The zero-order chi connectivity index (χ0) is 13.3. The van der Waals surface area contributed by atoms with E-state index in [-0.39, 0.29) is 21.8 Å². The Morgan fingerprint density at radius 3 is 2.39 bits per heavy atom. The van der Waals surface area contributed by atoms with Crippen LogP contribution in [-0.4, -0.2) is 10.8 Å². The first-order chi connectivity index (χ1) is 8.49. The smallest absolute Gasteiger partial charge is 0.161 e. The Morgan fingerprint density at radius 2 is 1.83 bits per heavy atom. The van der Waals surface area contributed by atoms with Crippen molar-refractivity contribution >= 4 is 29.0 Å². The van der Waals surface area contributed by atoms with Gasteiger partial charge in [-0.1, -0.05) is 23.2 Å². The second-order valence-corrected chi connectivity index (χ2v) is 4.48. The van der Waals surface area contributed by atoms with Gasteiger partial charge in [0.25, 0.3) is 0 Å². The number of halogens is 3. The molecular formula is C13H8Cl2FNO. The van der Waals surface area contributed by atoms with E-state index in [1.54, 1.807) is 0 Å². The fourth-order valence-electron chi connectivity index (χ4n) is 1.55. The summed E-state index contributed by atoms with van der Waals surface area (Å²) in [5.41, 5.74) is 1.27. The van der Waals surface area contributed by atoms with Crippen molar-refractivity contribution in [1.29, 1.82) is 0 Å². The van der Waals surface area contributed by atoms with Gasteiger partial charge in [0.05, 0.1) is 10.7 Å². The topological polar surface area (TPSA) is 30.0 Å². The Hall–Kier alpha value is -1.45. The number of Topliss-reactive ketones (excluding diaryl/α,β-unsaturated/α-hetero) is 1. The highest BCUT2D eigenvalue weighted by Gasteiger charge is 2.14. The standard InChI is InChI=1S/C13H8Cl2FNO/c1-7(18)10-6-11(14)17-13(12(10)15)8-2-4-9(16)5-3-8/h2-6H,1H3. The van der Waals surface area contributed by atoms with Crippen molar-refractivity contribution in [3.8, 4) is 11.3 Å². The van der Waals surface area contributed by atoms with Crippen molar-refractivity contribution in [1.82, 2.24) is 4.98 Å². The van der Waals surface area contributed by atoms with Crippen LogP contribution < -0.4 is 0 Å². The van der Waals surface area contributed by atoms with Crippen LogP contribution >= 0.6 is 23.2 Å². The molecule has 0 spiro atoms. The lowest BCUT2D eigenvalue weighted by molar-refractivity contribution is 0.101. The van der Waals surface area contributed by atoms with Gasteiger partial charge in [0.15, 0.2) is 5.78 Å². The largest absolute Gasteiger partial charge is 0.294 e. The fourth-order valence-corrected chi connectivity index (χ4v) is 2.09. The van der Waals surface area contributed by atoms with E-state index < -0.39 is 0 Å². The third kappa shape index (κ3) is 2.52. The first-order valence-corrected chi connectivity index (χ1v) is 5.87. The van der Waals surface area contributed by atoms with E-state index in [0.29, 0.717) is 16.8 Å². The van der Waals surface area contributed by atoms with Crippen LogP contribution in [0.4, 0.5) is 4.39 Å². The Bertz CT molecular complexity index is 611. The van der Waals surface area contributed by atoms with Crippen LogP contribution in [-0.2, 0) is 0 Å². The van der Waals surface area contributed by atoms with Gasteiger partial charge >= 0.3 is 0 Å². The molecule has 0 atom stereocenters. The molecule has 0 aliphatic carbocycles. The van der Waals surface area contributed by atoms with Crippen molar-refractivity contribution in [2.24, 2.45) is 0 Å². The minimum atomic E-state index is -0.358. The highest BCUT2D eigenvalue weighted by Crippen LogP contribution is 2.31. The van der Waals surface area contributed by atoms with Crippen LogP contribution in [0.2, 0.25) is 10.2 Å². The zero-order valence-corrected chi connectivity index (χ0v) is 10.9. The van der Waals surface area contributed by atoms with Crippen LogP contribution in [0.5, 0.6) is 0 Å². The average Bonchev–Trinajstić information content (AvgIpc) is 2.32. The number of carbonyl (C=O) groups is 1. The maximum atomic E-state index is 12.9. The van der Waals surface area contributed by atoms with E-state index >= 15 is 0 Å². The minimum absolute atomic E-state index is 0.170. The first-order valence-electron chi connectivity index (χ1n) is 5.12. The van der Waals surface area contributed by atoms with Gasteiger partial charge in [-0.2, -0.15) is 0 Å². The molecule has 0 saturated heterocycles. The van der Waals surface area contributed by atoms with Crippen LogP contribution in [0, 0.1) is 5.82 Å². The fraction of sp³-hybridized carbons (Fsp3) is 0.0769. The summed E-state index contributed by atoms with van der Waals surface area (Å²) in [6.45, 7) is 1.39. The normalized spacial score (nSPS) is 10.4. The van der Waals surface area contributed by atoms with Crippen LogP contribution in [0.1, 0.15) is 17.3 Å². The Kier molecular flexibility index (Phi) is 3.64. The van der Waals surface area contributed by atoms with Crippen molar-refractivity contribution in [3.63, 3.8) is 0 Å². The molecule has 1 aromatic carbocycles. The molecule has 0 aliphatic heterocycles. The summed E-state index contributed by atoms with van der Waals surface area (Å²) in [5.74, 6) is -0.559. The van der Waals surface area contributed by atoms with Gasteiger partial charge in [-0.25, -0.2) is 9.37 Å². The summed E-state index contributed by atoms with van der Waals surface area (Å²) < 4.78 is 12.9. The van der Waals surface area contributed by atoms with Crippen LogP contribution in [0.3, 0.4) is 0 Å². The van der Waals surface area contributed by atoms with E-state index in [0.717, 1.165) is 0 Å². The number of pyridine rings is 1. The summed E-state index contributed by atoms with van der Waals surface area (Å²) in [7, 11) is 0. The molecule has 92 valence electrons. The second kappa shape index (κ2) is 5.04. The molecular weight excluding hydrogens is 276 g/mol. The molecule has 1 heterocycles. The van der Waals surface area contributed by atoms with Gasteiger partial charge in [0.1, 0.15) is 11.0 Å². The molecule has 2 aromatic rings. The van der Waals surface area contributed by atoms with Crippen molar-refractivity contribution < 1.29 is 9.18 Å². The van der Waals surface area contributed by atoms with Crippen molar-refractivity contribution in [2.75, 3.05) is 0 Å². The number of nitrogens with zero attached hydrogens (tertiary/aromatic N) is 1. The summed E-state index contributed by atoms with van der Waals surface area (Å²) in [5, 5.41) is 0.391. The number of hydrogen-bond donors (Lipinski definition) is 0. The van der Waals surface area contributed by atoms with Gasteiger partial charge in [-0.3, -0.25) is 4.79 Å². The third-order valence-corrected chi connectivity index (χ3v) is 3.00. The average molecular weight is 284 g/mol. The van der Waals surface area contributed by atoms with Crippen LogP contribution in [0.25, 0.3) is 11.3 Å². The lowest BCUT2D eigenvalue weighted by atomic mass is 10.1. The van der Waals surface area contributed by atoms with Gasteiger partial charge in [0.2, 0.25) is 0 Å². The molecule has 0 fully saturated rings. The quantitative estimate of drug-likeness (QED) is 0.604. The molecule has 1 aromatic heterocycles. The summed E-state index contributed by atoms with van der Waals surface area (Å²) in [6, 6.07) is 7.07. The highest BCUT2D eigenvalue weighted by molar-refractivity contribution is 6.37. The van der Waals surface area contributed by atoms with E-state index in [9.17, 15) is 9.18 Å². The molecule has 0 unspecified atom stereocenters. The molecule has 2 rings (SSSR count). The maximum Gasteiger partial charge on any atom is 0.161 e. The first kappa shape index (κ1) is 13.0. The zero-order valence-electron chi connectivity index (χ0n) is 9.38. The Morgan fingerprint density at radius 1 is 1.22 bits per heavy atom. The molecule has 0 radical (unpaired) electrons. The molecule has 18 heavy (non-hydrogen) atoms. The lowest BCUT2D eigenvalue weighted by Crippen LogP contribution is -1.98. The third-order valence-electron chi connectivity index (χ3n) is 2.42. The van der Waals surface area contributed by atoms with E-state index in [1.807, 2.05) is 0 Å². The molecule has 0 aliphatic rings. The molecule has 2 nitrogen and oxygen atoms in total. The maximum absolute atomic E-state index is 12.9. The second-order valence-electron chi connectivity index (χ2n) is 3.72. The molecule has 0 amide bonds. The number of benzene rings is 1. The van der Waals surface area contributed by atoms with Crippen LogP contribution in [0.15, 0.2) is 30.3 Å². The molecule has 0 bridgehead atoms. The molecule has 5 heteroatoms.